The van der Waals surface area contributed by atoms with Crippen LogP contribution in [0.5, 0.6) is 5.75 Å². The van der Waals surface area contributed by atoms with Crippen LogP contribution in [0.2, 0.25) is 0 Å². The molecule has 3 N–H and O–H groups in total. The molecule has 0 bridgehead atoms. The molecule has 0 heterocycles. The number of carbonyl (C=O) groups excluding carboxylic acids is 1. The number of nitrogen functional groups attached to an aromatic ring is 1. The number of alkyl halides is 2. The molecule has 6 nitrogen and oxygen atoms in total. The van der Waals surface area contributed by atoms with Gasteiger partial charge in [0.25, 0.3) is 0 Å². The van der Waals surface area contributed by atoms with Crippen molar-refractivity contribution in [2.24, 2.45) is 4.99 Å². The van der Waals surface area contributed by atoms with E-state index in [1.54, 1.807) is 0 Å². The summed E-state index contributed by atoms with van der Waals surface area (Å²) in [6.07, 6.45) is 2.32. The number of carbonyl (C=O) groups is 1. The molecule has 148 valence electrons. The normalized spacial score (nSPS) is 15.2. The number of hydrogen-bond acceptors (Lipinski definition) is 6. The van der Waals surface area contributed by atoms with Crippen molar-refractivity contribution in [3.63, 3.8) is 0 Å². The van der Waals surface area contributed by atoms with Crippen LogP contribution >= 0.6 is 0 Å². The van der Waals surface area contributed by atoms with Gasteiger partial charge in [0, 0.05) is 6.21 Å². The summed E-state index contributed by atoms with van der Waals surface area (Å²) in [4.78, 5) is 15.9. The van der Waals surface area contributed by atoms with E-state index in [9.17, 15) is 31.9 Å². The van der Waals surface area contributed by atoms with Crippen LogP contribution in [0.15, 0.2) is 10.6 Å². The monoisotopic (exact) mass is 394 g/mol. The molecule has 0 aliphatic heterocycles. The van der Waals surface area contributed by atoms with Gasteiger partial charge in [-0.1, -0.05) is 0 Å². The summed E-state index contributed by atoms with van der Waals surface area (Å²) in [5.74, 6) is -10.2. The summed E-state index contributed by atoms with van der Waals surface area (Å²) < 4.78 is 75.1. The van der Waals surface area contributed by atoms with Crippen molar-refractivity contribution in [1.29, 1.82) is 0 Å². The van der Waals surface area contributed by atoms with Crippen molar-refractivity contribution in [1.82, 2.24) is 0 Å². The number of hydrogen-bond donors (Lipinski definition) is 2. The second-order valence-electron chi connectivity index (χ2n) is 5.43. The van der Waals surface area contributed by atoms with Crippen LogP contribution < -0.4 is 10.5 Å². The number of aliphatic imine (C=N–C) groups is 1. The zero-order chi connectivity index (χ0) is 20.3. The van der Waals surface area contributed by atoms with E-state index in [2.05, 4.69) is 9.73 Å². The highest BCUT2D eigenvalue weighted by molar-refractivity contribution is 6.15. The van der Waals surface area contributed by atoms with Crippen LogP contribution in [0.3, 0.4) is 0 Å². The second-order valence-corrected chi connectivity index (χ2v) is 5.43. The van der Waals surface area contributed by atoms with Crippen molar-refractivity contribution in [2.45, 2.75) is 32.4 Å². The highest BCUT2D eigenvalue weighted by atomic mass is 19.3. The van der Waals surface area contributed by atoms with Gasteiger partial charge in [-0.25, -0.2) is 13.6 Å². The van der Waals surface area contributed by atoms with Gasteiger partial charge in [0.2, 0.25) is 11.6 Å². The van der Waals surface area contributed by atoms with E-state index in [-0.39, 0.29) is 12.6 Å². The van der Waals surface area contributed by atoms with Gasteiger partial charge >= 0.3 is 12.6 Å². The minimum Gasteiger partial charge on any atom is -0.506 e. The van der Waals surface area contributed by atoms with Gasteiger partial charge < -0.3 is 20.3 Å². The van der Waals surface area contributed by atoms with Crippen LogP contribution in [0.1, 0.15) is 25.3 Å². The third kappa shape index (κ3) is 4.47. The van der Waals surface area contributed by atoms with Gasteiger partial charge in [-0.2, -0.15) is 13.2 Å². The first-order valence-electron chi connectivity index (χ1n) is 7.73. The quantitative estimate of drug-likeness (QED) is 0.141. The van der Waals surface area contributed by atoms with Crippen molar-refractivity contribution in [2.75, 3.05) is 12.3 Å². The minimum absolute atomic E-state index is 0.118. The van der Waals surface area contributed by atoms with Crippen molar-refractivity contribution in [3.8, 4) is 5.75 Å². The molecule has 1 saturated carbocycles. The predicted octanol–water partition coefficient (Wildman–Crippen LogP) is 3.35. The first-order chi connectivity index (χ1) is 12.7. The average molecular weight is 394 g/mol. The summed E-state index contributed by atoms with van der Waals surface area (Å²) in [6, 6.07) is -0.118. The number of rotatable bonds is 7. The third-order valence-electron chi connectivity index (χ3n) is 3.47. The molecule has 1 aliphatic rings. The summed E-state index contributed by atoms with van der Waals surface area (Å²) in [6.45, 7) is -2.36. The Hall–Kier alpha value is -2.85. The molecule has 1 fully saturated rings. The van der Waals surface area contributed by atoms with E-state index in [1.807, 2.05) is 0 Å². The average Bonchev–Trinajstić information content (AvgIpc) is 3.41. The van der Waals surface area contributed by atoms with E-state index in [1.165, 1.54) is 6.92 Å². The zero-order valence-electron chi connectivity index (χ0n) is 13.9. The van der Waals surface area contributed by atoms with Crippen LogP contribution in [-0.2, 0) is 9.53 Å². The maximum Gasteiger partial charge on any atom is 0.387 e. The Morgan fingerprint density at radius 3 is 2.44 bits per heavy atom. The number of anilines is 1. The highest BCUT2D eigenvalue weighted by Gasteiger charge is 2.31. The Bertz CT molecular complexity index is 807. The molecule has 11 heteroatoms. The molecule has 1 aliphatic carbocycles. The summed E-state index contributed by atoms with van der Waals surface area (Å²) >= 11 is 0. The summed E-state index contributed by atoms with van der Waals surface area (Å²) in [7, 11) is 0. The fourth-order valence-corrected chi connectivity index (χ4v) is 2.04. The molecule has 2 rings (SSSR count). The zero-order valence-corrected chi connectivity index (χ0v) is 13.9. The third-order valence-corrected chi connectivity index (χ3v) is 3.47. The number of ether oxygens (including phenoxy) is 2. The first-order valence-corrected chi connectivity index (χ1v) is 7.73. The number of benzene rings is 1. The fourth-order valence-electron chi connectivity index (χ4n) is 2.04. The van der Waals surface area contributed by atoms with Crippen molar-refractivity contribution < 1.29 is 41.3 Å². The lowest BCUT2D eigenvalue weighted by molar-refractivity contribution is -0.137. The number of aliphatic hydroxyl groups excluding tert-OH is 1. The van der Waals surface area contributed by atoms with Gasteiger partial charge in [-0.15, -0.1) is 0 Å². The Balaban J connectivity index is 2.68. The minimum atomic E-state index is -3.68. The molecule has 27 heavy (non-hydrogen) atoms. The number of esters is 1. The van der Waals surface area contributed by atoms with Gasteiger partial charge in [0.05, 0.1) is 23.9 Å². The van der Waals surface area contributed by atoms with Gasteiger partial charge in [0.15, 0.2) is 11.6 Å². The van der Waals surface area contributed by atoms with Gasteiger partial charge in [-0.05, 0) is 19.8 Å². The molecular formula is C16H15F5N2O4. The standard InChI is InChI=1S/C16H15F5N2O4/c1-2-26-15(25)7(5-23-6-3-4-6)13(24)8-9(17)14(27-16(20)21)11(19)10(18)12(8)22/h5-6,16,24H,2-4,22H2,1H3. The van der Waals surface area contributed by atoms with Crippen LogP contribution in [0, 0.1) is 17.5 Å². The smallest absolute Gasteiger partial charge is 0.387 e. The lowest BCUT2D eigenvalue weighted by atomic mass is 10.0. The Kier molecular flexibility index (Phi) is 6.24. The maximum absolute atomic E-state index is 14.5. The van der Waals surface area contributed by atoms with Crippen molar-refractivity contribution in [3.05, 3.63) is 28.6 Å². The van der Waals surface area contributed by atoms with Crippen LogP contribution in [0.4, 0.5) is 27.6 Å². The summed E-state index contributed by atoms with van der Waals surface area (Å²) in [5.41, 5.74) is 2.10. The van der Waals surface area contributed by atoms with E-state index >= 15 is 0 Å². The maximum atomic E-state index is 14.5. The van der Waals surface area contributed by atoms with E-state index in [4.69, 9.17) is 10.5 Å². The fraction of sp³-hybridized carbons (Fsp3) is 0.375. The number of nitrogens with zero attached hydrogens (tertiary/aromatic N) is 1. The molecule has 0 amide bonds. The SMILES string of the molecule is CCOC(=O)C(C=NC1CC1)=C(O)c1c(N)c(F)c(F)c(OC(F)F)c1F. The Labute approximate surface area is 150 Å². The van der Waals surface area contributed by atoms with E-state index in [0.29, 0.717) is 0 Å². The lowest BCUT2D eigenvalue weighted by Crippen LogP contribution is -2.15. The van der Waals surface area contributed by atoms with Crippen LogP contribution in [-0.4, -0.2) is 36.6 Å². The summed E-state index contributed by atoms with van der Waals surface area (Å²) in [5, 5.41) is 10.3. The van der Waals surface area contributed by atoms with Gasteiger partial charge in [0.1, 0.15) is 11.3 Å². The molecule has 0 spiro atoms. The first kappa shape index (κ1) is 20.5. The molecule has 1 aromatic rings. The molecule has 0 atom stereocenters. The molecule has 1 aromatic carbocycles. The van der Waals surface area contributed by atoms with E-state index < -0.39 is 58.4 Å². The Morgan fingerprint density at radius 2 is 1.93 bits per heavy atom. The number of nitrogens with two attached hydrogens (primary N) is 1. The number of halogens is 5. The van der Waals surface area contributed by atoms with Gasteiger partial charge in [-0.3, -0.25) is 4.99 Å². The molecule has 0 aromatic heterocycles. The topological polar surface area (TPSA) is 94.1 Å². The molecule has 0 radical (unpaired) electrons. The molecule has 0 unspecified atom stereocenters. The lowest BCUT2D eigenvalue weighted by Gasteiger charge is -2.15. The highest BCUT2D eigenvalue weighted by Crippen LogP contribution is 2.37. The Morgan fingerprint density at radius 1 is 1.30 bits per heavy atom. The molecular weight excluding hydrogens is 379 g/mol. The predicted molar refractivity (Wildman–Crippen MR) is 85.1 cm³/mol. The van der Waals surface area contributed by atoms with Crippen molar-refractivity contribution >= 4 is 23.6 Å². The van der Waals surface area contributed by atoms with Crippen LogP contribution in [0.25, 0.3) is 5.76 Å². The largest absolute Gasteiger partial charge is 0.506 e. The number of aliphatic hydroxyl groups is 1. The second kappa shape index (κ2) is 8.23. The van der Waals surface area contributed by atoms with E-state index in [0.717, 1.165) is 19.1 Å². The molecule has 0 saturated heterocycles.